The number of aliphatic hydroxyl groups is 1. The van der Waals surface area contributed by atoms with Crippen molar-refractivity contribution in [3.63, 3.8) is 0 Å². The molecule has 29 heavy (non-hydrogen) atoms. The minimum absolute atomic E-state index is 0.161. The predicted molar refractivity (Wildman–Crippen MR) is 110 cm³/mol. The number of benzene rings is 1. The van der Waals surface area contributed by atoms with Gasteiger partial charge in [0, 0.05) is 5.41 Å². The summed E-state index contributed by atoms with van der Waals surface area (Å²) in [7, 11) is 0. The van der Waals surface area contributed by atoms with Crippen molar-refractivity contribution in [3.05, 3.63) is 41.7 Å². The monoisotopic (exact) mass is 401 g/mol. The van der Waals surface area contributed by atoms with Gasteiger partial charge in [-0.2, -0.15) is 0 Å². The van der Waals surface area contributed by atoms with E-state index < -0.39 is 5.60 Å². The van der Waals surface area contributed by atoms with Gasteiger partial charge in [-0.3, -0.25) is 4.79 Å². The molecule has 0 radical (unpaired) electrons. The van der Waals surface area contributed by atoms with E-state index in [9.17, 15) is 14.3 Å². The number of nitrogens with zero attached hydrogens (tertiary/aromatic N) is 1. The molecule has 4 nitrogen and oxygen atoms in total. The minimum atomic E-state index is -0.707. The van der Waals surface area contributed by atoms with Gasteiger partial charge in [-0.15, -0.1) is 0 Å². The Labute approximate surface area is 172 Å². The predicted octanol–water partition coefficient (Wildman–Crippen LogP) is 4.51. The van der Waals surface area contributed by atoms with E-state index in [1.54, 1.807) is 6.92 Å². The van der Waals surface area contributed by atoms with Gasteiger partial charge in [0.1, 0.15) is 12.4 Å². The largest absolute Gasteiger partial charge is 0.489 e. The molecule has 4 aliphatic rings. The number of rotatable bonds is 6. The highest BCUT2D eigenvalue weighted by Gasteiger charge is 2.55. The topological polar surface area (TPSA) is 49.8 Å². The maximum absolute atomic E-state index is 13.1. The Hall–Kier alpha value is -1.88. The number of carbonyl (C=O) groups is 1. The minimum Gasteiger partial charge on any atom is -0.489 e. The van der Waals surface area contributed by atoms with Crippen molar-refractivity contribution in [3.8, 4) is 5.75 Å². The fraction of sp³-hybridized carbons (Fsp3) is 0.625. The molecule has 1 amide bonds. The fourth-order valence-corrected chi connectivity index (χ4v) is 5.49. The van der Waals surface area contributed by atoms with E-state index in [2.05, 4.69) is 12.1 Å². The first kappa shape index (κ1) is 20.4. The Bertz CT molecular complexity index is 766. The second-order valence-corrected chi connectivity index (χ2v) is 9.65. The summed E-state index contributed by atoms with van der Waals surface area (Å²) in [6, 6.07) is 8.26. The van der Waals surface area contributed by atoms with Gasteiger partial charge in [0.2, 0.25) is 5.91 Å². The number of ether oxygens (including phenoxy) is 1. The van der Waals surface area contributed by atoms with E-state index in [-0.39, 0.29) is 23.3 Å². The first-order valence-electron chi connectivity index (χ1n) is 10.8. The highest BCUT2D eigenvalue weighted by atomic mass is 19.1. The summed E-state index contributed by atoms with van der Waals surface area (Å²) >= 11 is 0. The lowest BCUT2D eigenvalue weighted by atomic mass is 9.51. The summed E-state index contributed by atoms with van der Waals surface area (Å²) < 4.78 is 18.4. The van der Waals surface area contributed by atoms with E-state index >= 15 is 0 Å². The molecule has 5 heteroatoms. The zero-order valence-electron chi connectivity index (χ0n) is 17.5. The van der Waals surface area contributed by atoms with Crippen LogP contribution in [0.25, 0.3) is 0 Å². The van der Waals surface area contributed by atoms with Gasteiger partial charge in [-0.05, 0) is 80.6 Å². The van der Waals surface area contributed by atoms with Gasteiger partial charge < -0.3 is 14.7 Å². The van der Waals surface area contributed by atoms with Crippen molar-refractivity contribution in [1.29, 1.82) is 0 Å². The van der Waals surface area contributed by atoms with Crippen LogP contribution in [0.4, 0.5) is 4.39 Å². The molecule has 1 aromatic rings. The molecule has 1 heterocycles. The van der Waals surface area contributed by atoms with E-state index in [0.29, 0.717) is 31.4 Å². The molecular formula is C24H32FNO3. The SMILES string of the molecule is CC/C(=C\F)COc1ccc(C23CCC(C(=O)N4CC(C)(O)C4)(CC2)CC3)cc1. The van der Waals surface area contributed by atoms with Crippen molar-refractivity contribution in [2.24, 2.45) is 5.41 Å². The molecule has 0 spiro atoms. The number of carbonyl (C=O) groups excluding carboxylic acids is 1. The molecule has 0 atom stereocenters. The lowest BCUT2D eigenvalue weighted by Gasteiger charge is -2.56. The molecule has 158 valence electrons. The average molecular weight is 402 g/mol. The van der Waals surface area contributed by atoms with Crippen LogP contribution in [0.3, 0.4) is 0 Å². The average Bonchev–Trinajstić information content (AvgIpc) is 2.74. The van der Waals surface area contributed by atoms with E-state index in [1.165, 1.54) is 5.56 Å². The third kappa shape index (κ3) is 3.70. The standard InChI is InChI=1S/C24H32FNO3/c1-3-18(14-25)15-29-20-6-4-19(5-7-20)23-8-11-24(12-9-23,13-10-23)21(27)26-16-22(2,28)17-26/h4-7,14,28H,3,8-13,15-17H2,1-2H3/b18-14+. The normalized spacial score (nSPS) is 30.8. The first-order chi connectivity index (χ1) is 13.8. The lowest BCUT2D eigenvalue weighted by molar-refractivity contribution is -0.169. The number of hydrogen-bond donors (Lipinski definition) is 1. The van der Waals surface area contributed by atoms with E-state index in [1.807, 2.05) is 24.0 Å². The van der Waals surface area contributed by atoms with E-state index in [4.69, 9.17) is 4.74 Å². The Morgan fingerprint density at radius 3 is 2.21 bits per heavy atom. The summed E-state index contributed by atoms with van der Waals surface area (Å²) in [6.07, 6.45) is 7.19. The zero-order valence-corrected chi connectivity index (χ0v) is 17.5. The molecule has 0 unspecified atom stereocenters. The Morgan fingerprint density at radius 2 is 1.72 bits per heavy atom. The molecule has 1 N–H and O–H groups in total. The quantitative estimate of drug-likeness (QED) is 0.763. The Balaban J connectivity index is 1.39. The number of β-amino-alcohol motifs (C(OH)–C–C–N with tert-alkyl or cyclic N) is 1. The molecule has 4 fully saturated rings. The van der Waals surface area contributed by atoms with Crippen LogP contribution in [0.15, 0.2) is 36.2 Å². The molecular weight excluding hydrogens is 369 g/mol. The van der Waals surface area contributed by atoms with Crippen LogP contribution in [0, 0.1) is 5.41 Å². The zero-order chi connectivity index (χ0) is 20.7. The van der Waals surface area contributed by atoms with Gasteiger partial charge in [0.05, 0.1) is 25.0 Å². The molecule has 3 aliphatic carbocycles. The number of fused-ring (bicyclic) bond motifs is 3. The number of amides is 1. The second kappa shape index (κ2) is 7.42. The highest BCUT2D eigenvalue weighted by molar-refractivity contribution is 5.84. The van der Waals surface area contributed by atoms with Gasteiger partial charge >= 0.3 is 0 Å². The Morgan fingerprint density at radius 1 is 1.14 bits per heavy atom. The summed E-state index contributed by atoms with van der Waals surface area (Å²) in [5, 5.41) is 9.98. The van der Waals surface area contributed by atoms with Crippen LogP contribution in [0.2, 0.25) is 0 Å². The maximum Gasteiger partial charge on any atom is 0.228 e. The first-order valence-corrected chi connectivity index (χ1v) is 10.8. The third-order valence-electron chi connectivity index (χ3n) is 7.55. The fourth-order valence-electron chi connectivity index (χ4n) is 5.49. The maximum atomic E-state index is 13.1. The Kier molecular flexibility index (Phi) is 5.22. The summed E-state index contributed by atoms with van der Waals surface area (Å²) in [6.45, 7) is 4.93. The number of halogens is 1. The van der Waals surface area contributed by atoms with Crippen LogP contribution in [0.1, 0.15) is 64.4 Å². The van der Waals surface area contributed by atoms with Gasteiger partial charge in [0.25, 0.3) is 0 Å². The number of likely N-dealkylation sites (tertiary alicyclic amines) is 1. The van der Waals surface area contributed by atoms with Crippen LogP contribution in [0.5, 0.6) is 5.75 Å². The molecule has 1 aromatic carbocycles. The van der Waals surface area contributed by atoms with Crippen LogP contribution in [-0.4, -0.2) is 41.2 Å². The number of hydrogen-bond acceptors (Lipinski definition) is 3. The smallest absolute Gasteiger partial charge is 0.228 e. The summed E-state index contributed by atoms with van der Waals surface area (Å²) in [5.41, 5.74) is 1.22. The summed E-state index contributed by atoms with van der Waals surface area (Å²) in [5.74, 6) is 1.02. The van der Waals surface area contributed by atoms with Crippen molar-refractivity contribution in [1.82, 2.24) is 4.90 Å². The molecule has 1 saturated heterocycles. The van der Waals surface area contributed by atoms with E-state index in [0.717, 1.165) is 44.3 Å². The van der Waals surface area contributed by atoms with Crippen molar-refractivity contribution in [2.45, 2.75) is 69.8 Å². The van der Waals surface area contributed by atoms with Gasteiger partial charge in [-0.1, -0.05) is 19.1 Å². The van der Waals surface area contributed by atoms with Crippen LogP contribution < -0.4 is 4.74 Å². The van der Waals surface area contributed by atoms with Gasteiger partial charge in [0.15, 0.2) is 0 Å². The van der Waals surface area contributed by atoms with Crippen molar-refractivity contribution in [2.75, 3.05) is 19.7 Å². The third-order valence-corrected chi connectivity index (χ3v) is 7.55. The van der Waals surface area contributed by atoms with Crippen LogP contribution in [-0.2, 0) is 10.2 Å². The van der Waals surface area contributed by atoms with Gasteiger partial charge in [-0.25, -0.2) is 4.39 Å². The van der Waals surface area contributed by atoms with Crippen LogP contribution >= 0.6 is 0 Å². The molecule has 5 rings (SSSR count). The molecule has 1 aliphatic heterocycles. The lowest BCUT2D eigenvalue weighted by Crippen LogP contribution is -2.65. The second-order valence-electron chi connectivity index (χ2n) is 9.65. The van der Waals surface area contributed by atoms with Crippen molar-refractivity contribution < 1.29 is 19.0 Å². The highest BCUT2D eigenvalue weighted by Crippen LogP contribution is 2.58. The summed E-state index contributed by atoms with van der Waals surface area (Å²) in [4.78, 5) is 14.9. The molecule has 2 bridgehead atoms. The molecule has 0 aromatic heterocycles. The molecule has 3 saturated carbocycles. The van der Waals surface area contributed by atoms with Crippen molar-refractivity contribution >= 4 is 5.91 Å².